The molecule has 7 aliphatic heterocycles. The Morgan fingerprint density at radius 3 is 0.844 bits per heavy atom. The molecule has 3 saturated heterocycles. The van der Waals surface area contributed by atoms with Crippen molar-refractivity contribution in [3.05, 3.63) is 327 Å². The van der Waals surface area contributed by atoms with Gasteiger partial charge in [-0.3, -0.25) is 19.2 Å². The SMILES string of the molecule is CC(C)c1ccc(C2CC23C(=O)Nc2cc(Cl)c(-c4ccc(N5CCC[C@@H]5CO)cc4)cc23)cc1C(=O)O.CC(C)c1ccc(C2CC23C(=O)Nc2cc(Cl)c(-c4ccc(N5CCC[C@H]5CO)cc4)cc23)cc1C(=O)O.CC(C)c1ccc(C2CC23C(=O)Nc2cc(Cl)c(-c4ccc(OCCO)cc4)cc23)cc1C(=O)O.Cc1ccc(C2CC23C(=O)Nc2cc(Cl)c(-c4ccc(N5CCC[C@H]5CO)cc4)cc23)cc1C(=O)O. The van der Waals surface area contributed by atoms with Gasteiger partial charge in [0.2, 0.25) is 23.6 Å². The maximum atomic E-state index is 13.3. The Kier molecular flexibility index (Phi) is 27.2. The van der Waals surface area contributed by atoms with Crippen LogP contribution in [0.4, 0.5) is 39.8 Å². The Balaban J connectivity index is 0.000000119. The Labute approximate surface area is 872 Å². The fourth-order valence-electron chi connectivity index (χ4n) is 24.4. The first-order chi connectivity index (χ1) is 70.6. The zero-order valence-corrected chi connectivity index (χ0v) is 85.4. The van der Waals surface area contributed by atoms with Crippen molar-refractivity contribution < 1.29 is 83.9 Å². The van der Waals surface area contributed by atoms with Crippen molar-refractivity contribution in [2.75, 3.05) is 88.6 Å². The average molecular weight is 2060 g/mol. The van der Waals surface area contributed by atoms with Crippen LogP contribution in [0.3, 0.4) is 0 Å². The Hall–Kier alpha value is -13.4. The van der Waals surface area contributed by atoms with Gasteiger partial charge in [-0.1, -0.05) is 185 Å². The van der Waals surface area contributed by atoms with Crippen LogP contribution in [0.5, 0.6) is 5.75 Å². The lowest BCUT2D eigenvalue weighted by Gasteiger charge is -2.25. The predicted molar refractivity (Wildman–Crippen MR) is 574 cm³/mol. The van der Waals surface area contributed by atoms with E-state index in [9.17, 15) is 74.1 Å². The van der Waals surface area contributed by atoms with E-state index in [-0.39, 0.29) is 122 Å². The molecule has 23 rings (SSSR count). The molecule has 4 saturated carbocycles. The first-order valence-electron chi connectivity index (χ1n) is 50.4. The van der Waals surface area contributed by atoms with Gasteiger partial charge in [0.1, 0.15) is 12.4 Å². The van der Waals surface area contributed by atoms with E-state index in [0.717, 1.165) is 198 Å². The summed E-state index contributed by atoms with van der Waals surface area (Å²) in [5.74, 6) is -3.53. The van der Waals surface area contributed by atoms with Crippen molar-refractivity contribution in [2.24, 2.45) is 0 Å². The monoisotopic (exact) mass is 2050 g/mol. The Morgan fingerprint density at radius 1 is 0.347 bits per heavy atom. The van der Waals surface area contributed by atoms with Crippen molar-refractivity contribution >= 4 is 134 Å². The zero-order chi connectivity index (χ0) is 104. The van der Waals surface area contributed by atoms with Crippen LogP contribution in [-0.4, -0.2) is 159 Å². The van der Waals surface area contributed by atoms with Gasteiger partial charge in [-0.05, 0) is 299 Å². The summed E-state index contributed by atoms with van der Waals surface area (Å²) in [6.07, 6.45) is 8.70. The normalized spacial score (nSPS) is 23.0. The standard InChI is InChI=1S/2C31H31ClN2O4.C29H27ClN2O4.C28H26ClNO5/c2*1-17(2)22-10-7-19(12-24(22)29(36)37)26-15-31(26)25-13-23(27(32)14-28(25)33-30(31)38)18-5-8-20(9-6-18)34-11-3-4-21(34)16-35;1-16-4-5-18(11-21(16)27(34)35)24-14-29(24)23-12-22(25(30)13-26(23)31-28(29)36)17-6-8-19(9-7-17)32-10-2-3-20(32)15-33;1-15(2)19-8-5-17(11-21(19)26(32)33)23-14-28(23)22-12-20(24(29)13-25(22)30-27(28)34)16-3-6-18(7-4-16)35-10-9-31/h2*5-10,12-14,17,21,26,35H,3-4,11,15-16H2,1-2H3,(H,33,38)(H,36,37);4-9,11-13,20,24,33H,2-3,10,14-15H2,1H3,(H,31,36)(H,34,35);3-8,11-13,15,23,31H,9-10,14H2,1-2H3,(H,30,34)(H,32,33)/t2*21-,26?,31?;20-,24?,29?;/m100./s1. The van der Waals surface area contributed by atoms with Gasteiger partial charge in [-0.25, -0.2) is 19.2 Å². The number of nitrogens with zero attached hydrogens (tertiary/aromatic N) is 3. The van der Waals surface area contributed by atoms with Crippen molar-refractivity contribution in [3.8, 4) is 50.3 Å². The number of benzene rings is 12. The number of carbonyl (C=O) groups is 8. The number of anilines is 7. The van der Waals surface area contributed by atoms with Gasteiger partial charge in [0, 0.05) is 105 Å². The third-order valence-electron chi connectivity index (χ3n) is 32.5. The van der Waals surface area contributed by atoms with Gasteiger partial charge in [-0.15, -0.1) is 0 Å². The molecule has 8 unspecified atom stereocenters. The molecule has 12 N–H and O–H groups in total. The zero-order valence-electron chi connectivity index (χ0n) is 82.4. The smallest absolute Gasteiger partial charge is 0.335 e. The van der Waals surface area contributed by atoms with Crippen LogP contribution >= 0.6 is 46.4 Å². The molecule has 11 aliphatic rings. The molecule has 12 aromatic rings. The Bertz CT molecular complexity index is 7140. The lowest BCUT2D eigenvalue weighted by atomic mass is 9.88. The Morgan fingerprint density at radius 2 is 0.599 bits per heavy atom. The second kappa shape index (κ2) is 39.7. The minimum absolute atomic E-state index is 0.0587. The molecule has 7 fully saturated rings. The number of aliphatic hydroxyl groups excluding tert-OH is 4. The second-order valence-corrected chi connectivity index (χ2v) is 43.4. The summed E-state index contributed by atoms with van der Waals surface area (Å²) in [5, 5.41) is 91.2. The van der Waals surface area contributed by atoms with E-state index < -0.39 is 45.5 Å². The van der Waals surface area contributed by atoms with E-state index >= 15 is 0 Å². The molecular weight excluding hydrogens is 1940 g/mol. The van der Waals surface area contributed by atoms with Crippen molar-refractivity contribution in [3.63, 3.8) is 0 Å². The van der Waals surface area contributed by atoms with Crippen LogP contribution in [0.15, 0.2) is 218 Å². The van der Waals surface area contributed by atoms with E-state index in [2.05, 4.69) is 72.4 Å². The summed E-state index contributed by atoms with van der Waals surface area (Å²) >= 11 is 26.7. The highest BCUT2D eigenvalue weighted by molar-refractivity contribution is 6.36. The third-order valence-corrected chi connectivity index (χ3v) is 33.8. The van der Waals surface area contributed by atoms with Crippen molar-refractivity contribution in [1.82, 2.24) is 0 Å². The van der Waals surface area contributed by atoms with Crippen LogP contribution < -0.4 is 40.7 Å². The van der Waals surface area contributed by atoms with Gasteiger partial charge in [0.05, 0.1) is 109 Å². The summed E-state index contributed by atoms with van der Waals surface area (Å²) in [6, 6.07) is 70.0. The second-order valence-electron chi connectivity index (χ2n) is 41.8. The first-order valence-corrected chi connectivity index (χ1v) is 51.9. The fraction of sp³-hybridized carbons (Fsp3) is 0.328. The maximum Gasteiger partial charge on any atom is 0.335 e. The number of amides is 4. The number of halogens is 4. The number of hydrogen-bond donors (Lipinski definition) is 12. The van der Waals surface area contributed by atoms with Gasteiger partial charge in [0.25, 0.3) is 0 Å². The third kappa shape index (κ3) is 18.0. The molecule has 0 bridgehead atoms. The number of aromatic carboxylic acids is 4. The first kappa shape index (κ1) is 101. The number of rotatable bonds is 24. The lowest BCUT2D eigenvalue weighted by molar-refractivity contribution is -0.118. The molecule has 4 spiro atoms. The minimum atomic E-state index is -0.961. The molecule has 756 valence electrons. The van der Waals surface area contributed by atoms with Crippen molar-refractivity contribution in [1.29, 1.82) is 0 Å². The number of nitrogens with one attached hydrogen (secondary N) is 4. The molecule has 4 amide bonds. The number of carbonyl (C=O) groups excluding carboxylic acids is 4. The number of hydrogen-bond acceptors (Lipinski definition) is 16. The van der Waals surface area contributed by atoms with Crippen LogP contribution in [0.2, 0.25) is 20.1 Å². The van der Waals surface area contributed by atoms with Gasteiger partial charge >= 0.3 is 23.9 Å². The lowest BCUT2D eigenvalue weighted by Crippen LogP contribution is -2.31. The van der Waals surface area contributed by atoms with E-state index in [1.165, 1.54) is 0 Å². The molecule has 0 radical (unpaired) electrons. The fourth-order valence-corrected chi connectivity index (χ4v) is 25.5. The predicted octanol–water partition coefficient (Wildman–Crippen LogP) is 23.3. The van der Waals surface area contributed by atoms with E-state index in [1.54, 1.807) is 37.3 Å². The highest BCUT2D eigenvalue weighted by Crippen LogP contribution is 2.70. The molecule has 28 heteroatoms. The summed E-state index contributed by atoms with van der Waals surface area (Å²) in [5.41, 5.74) is 21.8. The molecule has 7 heterocycles. The minimum Gasteiger partial charge on any atom is -0.491 e. The number of carboxylic acid groups (broad SMARTS) is 4. The molecule has 11 atom stereocenters. The van der Waals surface area contributed by atoms with E-state index in [1.807, 2.05) is 193 Å². The molecule has 24 nitrogen and oxygen atoms in total. The van der Waals surface area contributed by atoms with Gasteiger partial charge in [0.15, 0.2) is 0 Å². The number of fused-ring (bicyclic) bond motifs is 8. The van der Waals surface area contributed by atoms with E-state index in [4.69, 9.17) is 56.2 Å². The number of carboxylic acids is 4. The van der Waals surface area contributed by atoms with Gasteiger partial charge in [-0.2, -0.15) is 0 Å². The van der Waals surface area contributed by atoms with E-state index in [0.29, 0.717) is 79.5 Å². The number of aryl methyl sites for hydroxylation is 1. The van der Waals surface area contributed by atoms with Crippen LogP contribution in [-0.2, 0) is 40.8 Å². The van der Waals surface area contributed by atoms with Crippen LogP contribution in [0.1, 0.15) is 255 Å². The molecule has 147 heavy (non-hydrogen) atoms. The summed E-state index contributed by atoms with van der Waals surface area (Å²) < 4.78 is 5.44. The molecule has 0 aromatic heterocycles. The van der Waals surface area contributed by atoms with Crippen LogP contribution in [0.25, 0.3) is 44.5 Å². The van der Waals surface area contributed by atoms with Crippen LogP contribution in [0, 0.1) is 6.92 Å². The topological polar surface area (TPSA) is 365 Å². The summed E-state index contributed by atoms with van der Waals surface area (Å²) in [4.78, 5) is 107. The quantitative estimate of drug-likeness (QED) is 0.0267. The number of aliphatic hydroxyl groups is 4. The summed E-state index contributed by atoms with van der Waals surface area (Å²) in [7, 11) is 0. The summed E-state index contributed by atoms with van der Waals surface area (Å²) in [6.45, 7) is 17.1. The largest absolute Gasteiger partial charge is 0.491 e. The molecule has 12 aromatic carbocycles. The molecule has 4 aliphatic carbocycles. The van der Waals surface area contributed by atoms with Crippen molar-refractivity contribution in [2.45, 2.75) is 194 Å². The highest BCUT2D eigenvalue weighted by atomic mass is 35.5. The average Bonchev–Trinajstić information content (AvgIpc) is 1.54. The number of ether oxygens (including phenoxy) is 1. The highest BCUT2D eigenvalue weighted by Gasteiger charge is 2.69. The maximum absolute atomic E-state index is 13.3. The van der Waals surface area contributed by atoms with Gasteiger partial charge < -0.3 is 81.6 Å². The molecular formula is C119H115Cl4N7O17.